The number of carbonyl (C=O) groups is 2. The fourth-order valence-corrected chi connectivity index (χ4v) is 3.53. The summed E-state index contributed by atoms with van der Waals surface area (Å²) in [7, 11) is 5.25. The molecule has 0 bridgehead atoms. The van der Waals surface area contributed by atoms with E-state index < -0.39 is 17.7 Å². The van der Waals surface area contributed by atoms with E-state index in [9.17, 15) is 14.7 Å². The third-order valence-electron chi connectivity index (χ3n) is 4.75. The van der Waals surface area contributed by atoms with Crippen LogP contribution in [0, 0.1) is 0 Å². The first-order valence-corrected chi connectivity index (χ1v) is 9.40. The van der Waals surface area contributed by atoms with Gasteiger partial charge in [-0.25, -0.2) is 0 Å². The maximum absolute atomic E-state index is 12.9. The molecule has 1 saturated heterocycles. The van der Waals surface area contributed by atoms with Crippen molar-refractivity contribution < 1.29 is 19.4 Å². The highest BCUT2D eigenvalue weighted by Crippen LogP contribution is 2.39. The first kappa shape index (κ1) is 20.8. The normalized spacial score (nSPS) is 18.5. The number of aliphatic hydroxyl groups excluding tert-OH is 1. The Kier molecular flexibility index (Phi) is 6.20. The molecule has 0 spiro atoms. The third kappa shape index (κ3) is 4.11. The minimum atomic E-state index is -0.734. The van der Waals surface area contributed by atoms with Crippen LogP contribution in [0.25, 0.3) is 5.76 Å². The number of aromatic nitrogens is 1. The number of methoxy groups -OCH3 is 1. The molecule has 1 aromatic heterocycles. The van der Waals surface area contributed by atoms with Gasteiger partial charge in [0.15, 0.2) is 0 Å². The average molecular weight is 416 g/mol. The summed E-state index contributed by atoms with van der Waals surface area (Å²) in [5.74, 6) is -1.23. The zero-order chi connectivity index (χ0) is 21.1. The predicted molar refractivity (Wildman–Crippen MR) is 110 cm³/mol. The van der Waals surface area contributed by atoms with Gasteiger partial charge in [0, 0.05) is 31.0 Å². The lowest BCUT2D eigenvalue weighted by Gasteiger charge is -2.26. The molecule has 8 heteroatoms. The van der Waals surface area contributed by atoms with E-state index in [1.807, 2.05) is 19.0 Å². The second-order valence-corrected chi connectivity index (χ2v) is 7.34. The van der Waals surface area contributed by atoms with E-state index in [4.69, 9.17) is 16.3 Å². The molecule has 7 nitrogen and oxygen atoms in total. The number of carbonyl (C=O) groups excluding carboxylic acids is 2. The van der Waals surface area contributed by atoms with Gasteiger partial charge in [-0.05, 0) is 43.9 Å². The summed E-state index contributed by atoms with van der Waals surface area (Å²) < 4.78 is 5.13. The molecule has 3 rings (SSSR count). The van der Waals surface area contributed by atoms with Crippen LogP contribution in [0.2, 0.25) is 5.02 Å². The number of nitrogens with zero attached hydrogens (tertiary/aromatic N) is 3. The second-order valence-electron chi connectivity index (χ2n) is 6.93. The number of Topliss-reactive ketones (excluding diaryl/α,β-unsaturated/α-hetero) is 1. The molecule has 0 radical (unpaired) electrons. The molecule has 152 valence electrons. The minimum Gasteiger partial charge on any atom is -0.507 e. The fraction of sp³-hybridized carbons (Fsp3) is 0.286. The molecule has 1 N–H and O–H groups in total. The topological polar surface area (TPSA) is 83.0 Å². The number of halogens is 1. The SMILES string of the molecule is COc1ccc(/C(O)=C2/C(=O)C(=O)N(CCN(C)C)C2c2cccnc2)cc1Cl. The predicted octanol–water partition coefficient (Wildman–Crippen LogP) is 2.73. The fourth-order valence-electron chi connectivity index (χ4n) is 3.27. The van der Waals surface area contributed by atoms with Crippen molar-refractivity contribution in [2.75, 3.05) is 34.3 Å². The van der Waals surface area contributed by atoms with Crippen molar-refractivity contribution in [3.05, 3.63) is 64.4 Å². The highest BCUT2D eigenvalue weighted by molar-refractivity contribution is 6.46. The van der Waals surface area contributed by atoms with Crippen molar-refractivity contribution in [3.63, 3.8) is 0 Å². The summed E-state index contributed by atoms with van der Waals surface area (Å²) in [6, 6.07) is 7.46. The van der Waals surface area contributed by atoms with Crippen molar-refractivity contribution >= 4 is 29.1 Å². The Hall–Kier alpha value is -2.90. The second kappa shape index (κ2) is 8.63. The third-order valence-corrected chi connectivity index (χ3v) is 5.05. The largest absolute Gasteiger partial charge is 0.507 e. The minimum absolute atomic E-state index is 0.0167. The maximum atomic E-state index is 12.9. The molecule has 2 aromatic rings. The van der Waals surface area contributed by atoms with Crippen LogP contribution in [0.3, 0.4) is 0 Å². The van der Waals surface area contributed by atoms with Crippen LogP contribution < -0.4 is 4.74 Å². The lowest BCUT2D eigenvalue weighted by molar-refractivity contribution is -0.140. The van der Waals surface area contributed by atoms with Gasteiger partial charge >= 0.3 is 0 Å². The Morgan fingerprint density at radius 2 is 2.07 bits per heavy atom. The number of likely N-dealkylation sites (N-methyl/N-ethyl adjacent to an activating group) is 1. The van der Waals surface area contributed by atoms with Crippen LogP contribution in [0.15, 0.2) is 48.3 Å². The molecule has 1 aliphatic rings. The van der Waals surface area contributed by atoms with Crippen molar-refractivity contribution in [2.45, 2.75) is 6.04 Å². The van der Waals surface area contributed by atoms with Crippen molar-refractivity contribution in [2.24, 2.45) is 0 Å². The maximum Gasteiger partial charge on any atom is 0.295 e. The van der Waals surface area contributed by atoms with Crippen LogP contribution >= 0.6 is 11.6 Å². The van der Waals surface area contributed by atoms with E-state index >= 15 is 0 Å². The zero-order valence-electron chi connectivity index (χ0n) is 16.4. The average Bonchev–Trinajstić information content (AvgIpc) is 2.97. The summed E-state index contributed by atoms with van der Waals surface area (Å²) in [4.78, 5) is 33.1. The standard InChI is InChI=1S/C21H22ClN3O4/c1-24(2)9-10-25-18(14-5-4-8-23-12-14)17(20(27)21(25)28)19(26)13-6-7-16(29-3)15(22)11-13/h4-8,11-12,18,26H,9-10H2,1-3H3/b19-17-. The van der Waals surface area contributed by atoms with Gasteiger partial charge < -0.3 is 19.6 Å². The molecule has 2 heterocycles. The quantitative estimate of drug-likeness (QED) is 0.443. The van der Waals surface area contributed by atoms with Gasteiger partial charge in [0.2, 0.25) is 0 Å². The van der Waals surface area contributed by atoms with Gasteiger partial charge in [-0.15, -0.1) is 0 Å². The number of amides is 1. The van der Waals surface area contributed by atoms with E-state index in [2.05, 4.69) is 4.98 Å². The van der Waals surface area contributed by atoms with E-state index in [0.717, 1.165) is 0 Å². The number of likely N-dealkylation sites (tertiary alicyclic amines) is 1. The van der Waals surface area contributed by atoms with Crippen LogP contribution in [-0.2, 0) is 9.59 Å². The van der Waals surface area contributed by atoms with E-state index in [1.54, 1.807) is 36.7 Å². The highest BCUT2D eigenvalue weighted by Gasteiger charge is 2.46. The number of pyridine rings is 1. The zero-order valence-corrected chi connectivity index (χ0v) is 17.2. The Morgan fingerprint density at radius 1 is 1.31 bits per heavy atom. The van der Waals surface area contributed by atoms with Gasteiger partial charge in [-0.1, -0.05) is 17.7 Å². The summed E-state index contributed by atoms with van der Waals surface area (Å²) in [6.07, 6.45) is 3.20. The lowest BCUT2D eigenvalue weighted by Crippen LogP contribution is -2.35. The molecule has 1 unspecified atom stereocenters. The van der Waals surface area contributed by atoms with Crippen molar-refractivity contribution in [3.8, 4) is 5.75 Å². The molecule has 1 fully saturated rings. The van der Waals surface area contributed by atoms with Crippen molar-refractivity contribution in [1.82, 2.24) is 14.8 Å². The monoisotopic (exact) mass is 415 g/mol. The summed E-state index contributed by atoms with van der Waals surface area (Å²) in [5.41, 5.74) is 0.991. The molecule has 0 saturated carbocycles. The van der Waals surface area contributed by atoms with Crippen LogP contribution in [0.4, 0.5) is 0 Å². The summed E-state index contributed by atoms with van der Waals surface area (Å²) in [5, 5.41) is 11.3. The number of hydrogen-bond acceptors (Lipinski definition) is 6. The lowest BCUT2D eigenvalue weighted by atomic mass is 9.96. The molecule has 1 amide bonds. The van der Waals surface area contributed by atoms with E-state index in [-0.39, 0.29) is 16.4 Å². The molecule has 1 aromatic carbocycles. The van der Waals surface area contributed by atoms with Crippen LogP contribution in [0.1, 0.15) is 17.2 Å². The van der Waals surface area contributed by atoms with Gasteiger partial charge in [0.1, 0.15) is 11.5 Å². The van der Waals surface area contributed by atoms with E-state index in [1.165, 1.54) is 18.1 Å². The molecule has 0 aliphatic carbocycles. The van der Waals surface area contributed by atoms with Gasteiger partial charge in [0.05, 0.1) is 23.7 Å². The number of rotatable bonds is 6. The number of benzene rings is 1. The first-order chi connectivity index (χ1) is 13.8. The smallest absolute Gasteiger partial charge is 0.295 e. The molecular formula is C21H22ClN3O4. The number of hydrogen-bond donors (Lipinski definition) is 1. The first-order valence-electron chi connectivity index (χ1n) is 9.02. The molecule has 1 aliphatic heterocycles. The Balaban J connectivity index is 2.13. The number of ketones is 1. The van der Waals surface area contributed by atoms with E-state index in [0.29, 0.717) is 30.0 Å². The molecular weight excluding hydrogens is 394 g/mol. The number of ether oxygens (including phenoxy) is 1. The molecule has 1 atom stereocenters. The highest BCUT2D eigenvalue weighted by atomic mass is 35.5. The van der Waals surface area contributed by atoms with Gasteiger partial charge in [-0.2, -0.15) is 0 Å². The Bertz CT molecular complexity index is 960. The summed E-state index contributed by atoms with van der Waals surface area (Å²) >= 11 is 6.18. The van der Waals surface area contributed by atoms with Crippen LogP contribution in [0.5, 0.6) is 5.75 Å². The van der Waals surface area contributed by atoms with Gasteiger partial charge in [-0.3, -0.25) is 14.6 Å². The van der Waals surface area contributed by atoms with Crippen LogP contribution in [-0.4, -0.2) is 65.9 Å². The Labute approximate surface area is 174 Å². The number of aliphatic hydroxyl groups is 1. The summed E-state index contributed by atoms with van der Waals surface area (Å²) in [6.45, 7) is 0.898. The molecule has 29 heavy (non-hydrogen) atoms. The Morgan fingerprint density at radius 3 is 2.66 bits per heavy atom. The van der Waals surface area contributed by atoms with Gasteiger partial charge in [0.25, 0.3) is 11.7 Å². The van der Waals surface area contributed by atoms with Crippen molar-refractivity contribution in [1.29, 1.82) is 0 Å².